The van der Waals surface area contributed by atoms with Crippen molar-refractivity contribution in [1.29, 1.82) is 0 Å². The number of hydrogen-bond donors (Lipinski definition) is 1. The Labute approximate surface area is 137 Å². The number of amides is 1. The lowest BCUT2D eigenvalue weighted by atomic mass is 10.2. The molecule has 2 heterocycles. The molecule has 1 aliphatic rings. The lowest BCUT2D eigenvalue weighted by molar-refractivity contribution is -0.121. The fraction of sp³-hybridized carbons (Fsp3) is 0.294. The molecule has 0 spiro atoms. The third-order valence-electron chi connectivity index (χ3n) is 4.25. The number of nitrogens with zero attached hydrogens (tertiary/aromatic N) is 4. The van der Waals surface area contributed by atoms with Gasteiger partial charge in [-0.15, -0.1) is 0 Å². The van der Waals surface area contributed by atoms with Crippen molar-refractivity contribution in [2.24, 2.45) is 0 Å². The molecule has 1 fully saturated rings. The van der Waals surface area contributed by atoms with E-state index in [1.807, 2.05) is 30.3 Å². The van der Waals surface area contributed by atoms with E-state index in [2.05, 4.69) is 15.5 Å². The van der Waals surface area contributed by atoms with E-state index in [0.717, 1.165) is 29.6 Å². The molecule has 0 atom stereocenters. The van der Waals surface area contributed by atoms with E-state index < -0.39 is 0 Å². The topological polar surface area (TPSA) is 81.8 Å². The number of nitrogens with one attached hydrogen (secondary N) is 1. The van der Waals surface area contributed by atoms with E-state index >= 15 is 0 Å². The second-order valence-corrected chi connectivity index (χ2v) is 5.95. The van der Waals surface area contributed by atoms with Crippen LogP contribution >= 0.6 is 0 Å². The number of carbonyl (C=O) groups excluding carboxylic acids is 1. The Morgan fingerprint density at radius 3 is 2.71 bits per heavy atom. The molecule has 3 aromatic rings. The minimum absolute atomic E-state index is 0.0923. The van der Waals surface area contributed by atoms with Crippen LogP contribution in [0.2, 0.25) is 0 Å². The molecule has 24 heavy (non-hydrogen) atoms. The second-order valence-electron chi connectivity index (χ2n) is 5.95. The zero-order chi connectivity index (χ0) is 16.7. The fourth-order valence-electron chi connectivity index (χ4n) is 2.84. The molecule has 0 bridgehead atoms. The van der Waals surface area contributed by atoms with Crippen molar-refractivity contribution in [2.75, 3.05) is 7.05 Å². The molecule has 1 aromatic carbocycles. The van der Waals surface area contributed by atoms with Gasteiger partial charge in [-0.2, -0.15) is 10.2 Å². The minimum Gasteiger partial charge on any atom is -0.358 e. The number of hydrogen-bond acceptors (Lipinski definition) is 4. The molecule has 1 aliphatic carbocycles. The zero-order valence-electron chi connectivity index (χ0n) is 13.3. The van der Waals surface area contributed by atoms with Gasteiger partial charge in [-0.1, -0.05) is 18.2 Å². The van der Waals surface area contributed by atoms with E-state index in [9.17, 15) is 9.59 Å². The van der Waals surface area contributed by atoms with E-state index in [0.29, 0.717) is 11.4 Å². The molecule has 0 unspecified atom stereocenters. The van der Waals surface area contributed by atoms with Crippen molar-refractivity contribution in [1.82, 2.24) is 24.9 Å². The Bertz CT molecular complexity index is 970. The number of rotatable bonds is 4. The number of fused-ring (bicyclic) bond motifs is 1. The molecular formula is C17H17N5O2. The van der Waals surface area contributed by atoms with Crippen LogP contribution in [0.25, 0.3) is 16.6 Å². The van der Waals surface area contributed by atoms with Crippen LogP contribution in [0, 0.1) is 0 Å². The molecule has 1 N–H and O–H groups in total. The van der Waals surface area contributed by atoms with Gasteiger partial charge in [0.1, 0.15) is 12.1 Å². The molecule has 0 aliphatic heterocycles. The van der Waals surface area contributed by atoms with Crippen LogP contribution < -0.4 is 10.9 Å². The highest BCUT2D eigenvalue weighted by Gasteiger charge is 2.30. The minimum atomic E-state index is -0.306. The summed E-state index contributed by atoms with van der Waals surface area (Å²) >= 11 is 0. The molecule has 4 rings (SSSR count). The van der Waals surface area contributed by atoms with Gasteiger partial charge in [-0.25, -0.2) is 9.36 Å². The van der Waals surface area contributed by atoms with Crippen molar-refractivity contribution in [3.8, 4) is 5.69 Å². The summed E-state index contributed by atoms with van der Waals surface area (Å²) in [4.78, 5) is 24.6. The molecular weight excluding hydrogens is 306 g/mol. The van der Waals surface area contributed by atoms with Crippen LogP contribution in [0.5, 0.6) is 0 Å². The Balaban J connectivity index is 1.97. The van der Waals surface area contributed by atoms with Crippen molar-refractivity contribution >= 4 is 16.8 Å². The summed E-state index contributed by atoms with van der Waals surface area (Å²) in [7, 11) is 1.54. The maximum atomic E-state index is 12.9. The molecule has 7 nitrogen and oxygen atoms in total. The van der Waals surface area contributed by atoms with Gasteiger partial charge >= 0.3 is 0 Å². The van der Waals surface area contributed by atoms with Crippen LogP contribution in [-0.4, -0.2) is 32.5 Å². The van der Waals surface area contributed by atoms with Gasteiger partial charge in [0.2, 0.25) is 5.91 Å². The first-order chi connectivity index (χ1) is 11.7. The monoisotopic (exact) mass is 323 g/mol. The molecule has 122 valence electrons. The van der Waals surface area contributed by atoms with Crippen LogP contribution in [0.4, 0.5) is 0 Å². The largest absolute Gasteiger partial charge is 0.358 e. The summed E-state index contributed by atoms with van der Waals surface area (Å²) in [6, 6.07) is 9.50. The highest BCUT2D eigenvalue weighted by molar-refractivity contribution is 5.83. The third-order valence-corrected chi connectivity index (χ3v) is 4.25. The number of benzene rings is 1. The van der Waals surface area contributed by atoms with Gasteiger partial charge in [0.25, 0.3) is 5.56 Å². The van der Waals surface area contributed by atoms with Gasteiger partial charge in [-0.3, -0.25) is 9.59 Å². The van der Waals surface area contributed by atoms with E-state index in [1.165, 1.54) is 4.68 Å². The summed E-state index contributed by atoms with van der Waals surface area (Å²) in [5.74, 6) is 0.0916. The zero-order valence-corrected chi connectivity index (χ0v) is 13.3. The van der Waals surface area contributed by atoms with Gasteiger partial charge in [0.05, 0.1) is 17.6 Å². The maximum Gasteiger partial charge on any atom is 0.293 e. The van der Waals surface area contributed by atoms with Crippen molar-refractivity contribution in [2.45, 2.75) is 25.3 Å². The lowest BCUT2D eigenvalue weighted by Gasteiger charge is -2.09. The molecule has 1 saturated carbocycles. The van der Waals surface area contributed by atoms with Gasteiger partial charge in [-0.05, 0) is 25.0 Å². The van der Waals surface area contributed by atoms with Gasteiger partial charge in [0.15, 0.2) is 0 Å². The predicted molar refractivity (Wildman–Crippen MR) is 89.2 cm³/mol. The first-order valence-electron chi connectivity index (χ1n) is 7.94. The number of likely N-dealkylation sites (N-methyl/N-ethyl adjacent to an activating group) is 1. The summed E-state index contributed by atoms with van der Waals surface area (Å²) in [5.41, 5.74) is 1.83. The molecule has 2 aromatic heterocycles. The van der Waals surface area contributed by atoms with Crippen molar-refractivity contribution in [3.05, 3.63) is 52.6 Å². The normalized spacial score (nSPS) is 14.0. The first-order valence-corrected chi connectivity index (χ1v) is 7.94. The van der Waals surface area contributed by atoms with Crippen LogP contribution in [0.3, 0.4) is 0 Å². The second kappa shape index (κ2) is 5.59. The fourth-order valence-corrected chi connectivity index (χ4v) is 2.84. The summed E-state index contributed by atoms with van der Waals surface area (Å²) in [6.45, 7) is -0.0923. The summed E-state index contributed by atoms with van der Waals surface area (Å²) < 4.78 is 2.88. The van der Waals surface area contributed by atoms with Gasteiger partial charge < -0.3 is 5.32 Å². The highest BCUT2D eigenvalue weighted by Crippen LogP contribution is 2.41. The lowest BCUT2D eigenvalue weighted by Crippen LogP contribution is -2.33. The Hall–Kier alpha value is -2.96. The van der Waals surface area contributed by atoms with Crippen LogP contribution in [0.1, 0.15) is 24.5 Å². The maximum absolute atomic E-state index is 12.9. The quantitative estimate of drug-likeness (QED) is 0.782. The summed E-state index contributed by atoms with van der Waals surface area (Å²) in [5, 5.41) is 12.2. The predicted octanol–water partition coefficient (Wildman–Crippen LogP) is 1.21. The Morgan fingerprint density at radius 1 is 1.29 bits per heavy atom. The van der Waals surface area contributed by atoms with Gasteiger partial charge in [0, 0.05) is 18.4 Å². The first kappa shape index (κ1) is 14.6. The smallest absolute Gasteiger partial charge is 0.293 e. The molecule has 7 heteroatoms. The highest BCUT2D eigenvalue weighted by atomic mass is 16.2. The third kappa shape index (κ3) is 2.38. The Kier molecular flexibility index (Phi) is 3.41. The number of carbonyl (C=O) groups is 1. The van der Waals surface area contributed by atoms with Crippen molar-refractivity contribution < 1.29 is 4.79 Å². The summed E-state index contributed by atoms with van der Waals surface area (Å²) in [6.07, 6.45) is 3.81. The Morgan fingerprint density at radius 2 is 2.04 bits per heavy atom. The van der Waals surface area contributed by atoms with E-state index in [1.54, 1.807) is 17.9 Å². The molecule has 1 amide bonds. The molecule has 0 saturated heterocycles. The number of aromatic nitrogens is 4. The van der Waals surface area contributed by atoms with E-state index in [4.69, 9.17) is 0 Å². The SMILES string of the molecule is CNC(=O)Cn1nc(C2CC2)c2cnn(-c3ccccc3)c2c1=O. The van der Waals surface area contributed by atoms with Crippen LogP contribution in [0.15, 0.2) is 41.3 Å². The average Bonchev–Trinajstić information content (AvgIpc) is 3.35. The van der Waals surface area contributed by atoms with Crippen LogP contribution in [-0.2, 0) is 11.3 Å². The average molecular weight is 323 g/mol. The number of para-hydroxylation sites is 1. The van der Waals surface area contributed by atoms with E-state index in [-0.39, 0.29) is 18.0 Å². The standard InChI is InChI=1S/C17H17N5O2/c1-18-14(23)10-21-17(24)16-13(15(20-21)11-7-8-11)9-19-22(16)12-5-3-2-4-6-12/h2-6,9,11H,7-8,10H2,1H3,(H,18,23). The molecule has 0 radical (unpaired) electrons. The van der Waals surface area contributed by atoms with Crippen molar-refractivity contribution in [3.63, 3.8) is 0 Å².